The van der Waals surface area contributed by atoms with E-state index in [0.29, 0.717) is 19.4 Å². The van der Waals surface area contributed by atoms with Gasteiger partial charge in [-0.05, 0) is 12.8 Å². The summed E-state index contributed by atoms with van der Waals surface area (Å²) in [6.45, 7) is 0.258. The Hall–Kier alpha value is -0.150. The van der Waals surface area contributed by atoms with Gasteiger partial charge in [0.15, 0.2) is 0 Å². The quantitative estimate of drug-likeness (QED) is 0.614. The van der Waals surface area contributed by atoms with Gasteiger partial charge in [0.1, 0.15) is 0 Å². The Morgan fingerprint density at radius 2 is 2.20 bits per heavy atom. The zero-order chi connectivity index (χ0) is 7.24. The molecule has 0 aromatic carbocycles. The standard InChI is InChI=1S/C7H11FO2/c8-3-6-1-7(2-6,4-9)10-5-6/h9H,1-5H2. The fourth-order valence-electron chi connectivity index (χ4n) is 2.12. The zero-order valence-corrected chi connectivity index (χ0v) is 5.77. The lowest BCUT2D eigenvalue weighted by Gasteiger charge is -2.41. The van der Waals surface area contributed by atoms with Crippen LogP contribution in [-0.4, -0.2) is 30.6 Å². The van der Waals surface area contributed by atoms with Crippen LogP contribution in [-0.2, 0) is 4.74 Å². The molecule has 2 aliphatic heterocycles. The predicted molar refractivity (Wildman–Crippen MR) is 33.4 cm³/mol. The molecule has 0 radical (unpaired) electrons. The molecule has 0 spiro atoms. The molecule has 10 heavy (non-hydrogen) atoms. The Morgan fingerprint density at radius 1 is 1.50 bits per heavy atom. The second-order valence-corrected chi connectivity index (χ2v) is 3.62. The maximum absolute atomic E-state index is 12.3. The Bertz CT molecular complexity index is 136. The van der Waals surface area contributed by atoms with Gasteiger partial charge in [-0.1, -0.05) is 0 Å². The van der Waals surface area contributed by atoms with Crippen LogP contribution in [0.4, 0.5) is 4.39 Å². The number of hydrogen-bond acceptors (Lipinski definition) is 2. The number of fused-ring (bicyclic) bond motifs is 1. The van der Waals surface area contributed by atoms with Gasteiger partial charge >= 0.3 is 0 Å². The molecule has 0 atom stereocenters. The van der Waals surface area contributed by atoms with E-state index in [-0.39, 0.29) is 24.3 Å². The average Bonchev–Trinajstić information content (AvgIpc) is 2.40. The van der Waals surface area contributed by atoms with Gasteiger partial charge in [-0.2, -0.15) is 0 Å². The van der Waals surface area contributed by atoms with Gasteiger partial charge in [-0.3, -0.25) is 4.39 Å². The largest absolute Gasteiger partial charge is 0.393 e. The summed E-state index contributed by atoms with van der Waals surface area (Å²) in [6.07, 6.45) is 1.43. The number of aliphatic hydroxyl groups is 1. The minimum absolute atomic E-state index is 0.0503. The number of alkyl halides is 1. The second-order valence-electron chi connectivity index (χ2n) is 3.62. The molecule has 3 heteroatoms. The Kier molecular flexibility index (Phi) is 1.12. The van der Waals surface area contributed by atoms with Gasteiger partial charge < -0.3 is 9.84 Å². The Labute approximate surface area is 59.0 Å². The van der Waals surface area contributed by atoms with E-state index in [1.807, 2.05) is 0 Å². The summed E-state index contributed by atoms with van der Waals surface area (Å²) in [5, 5.41) is 8.83. The number of ether oxygens (including phenoxy) is 1. The summed E-state index contributed by atoms with van der Waals surface area (Å²) in [4.78, 5) is 0. The van der Waals surface area contributed by atoms with Crippen LogP contribution in [0.15, 0.2) is 0 Å². The molecule has 3 aliphatic rings. The van der Waals surface area contributed by atoms with Gasteiger partial charge in [0.05, 0.1) is 25.5 Å². The van der Waals surface area contributed by atoms with E-state index in [4.69, 9.17) is 9.84 Å². The normalized spacial score (nSPS) is 51.0. The van der Waals surface area contributed by atoms with Crippen molar-refractivity contribution in [3.8, 4) is 0 Å². The van der Waals surface area contributed by atoms with E-state index in [9.17, 15) is 4.39 Å². The van der Waals surface area contributed by atoms with Gasteiger partial charge in [0.25, 0.3) is 0 Å². The number of halogens is 1. The zero-order valence-electron chi connectivity index (χ0n) is 5.77. The minimum Gasteiger partial charge on any atom is -0.393 e. The third kappa shape index (κ3) is 0.596. The molecule has 0 aromatic rings. The van der Waals surface area contributed by atoms with E-state index in [2.05, 4.69) is 0 Å². The van der Waals surface area contributed by atoms with E-state index < -0.39 is 0 Å². The average molecular weight is 146 g/mol. The van der Waals surface area contributed by atoms with Crippen molar-refractivity contribution in [1.82, 2.24) is 0 Å². The maximum Gasteiger partial charge on any atom is 0.0974 e. The fraction of sp³-hybridized carbons (Fsp3) is 1.00. The van der Waals surface area contributed by atoms with E-state index in [1.165, 1.54) is 0 Å². The molecule has 1 saturated carbocycles. The van der Waals surface area contributed by atoms with Crippen molar-refractivity contribution in [2.24, 2.45) is 5.41 Å². The Morgan fingerprint density at radius 3 is 2.50 bits per heavy atom. The van der Waals surface area contributed by atoms with Crippen molar-refractivity contribution in [2.45, 2.75) is 18.4 Å². The van der Waals surface area contributed by atoms with Crippen molar-refractivity contribution in [3.63, 3.8) is 0 Å². The van der Waals surface area contributed by atoms with Crippen molar-refractivity contribution in [1.29, 1.82) is 0 Å². The van der Waals surface area contributed by atoms with Crippen LogP contribution in [0.2, 0.25) is 0 Å². The highest BCUT2D eigenvalue weighted by Gasteiger charge is 2.62. The second kappa shape index (κ2) is 1.71. The molecular weight excluding hydrogens is 135 g/mol. The van der Waals surface area contributed by atoms with Crippen LogP contribution in [0, 0.1) is 5.41 Å². The van der Waals surface area contributed by atoms with Crippen LogP contribution >= 0.6 is 0 Å². The molecular formula is C7H11FO2. The number of aliphatic hydroxyl groups excluding tert-OH is 1. The fourth-order valence-corrected chi connectivity index (χ4v) is 2.12. The third-order valence-corrected chi connectivity index (χ3v) is 2.65. The molecule has 3 fully saturated rings. The van der Waals surface area contributed by atoms with Crippen LogP contribution in [0.1, 0.15) is 12.8 Å². The first-order valence-corrected chi connectivity index (χ1v) is 3.55. The molecule has 0 amide bonds. The molecule has 1 aliphatic carbocycles. The summed E-state index contributed by atoms with van der Waals surface area (Å²) in [6, 6.07) is 0. The minimum atomic E-state index is -0.341. The highest BCUT2D eigenvalue weighted by Crippen LogP contribution is 2.57. The van der Waals surface area contributed by atoms with Crippen molar-refractivity contribution < 1.29 is 14.2 Å². The van der Waals surface area contributed by atoms with Crippen LogP contribution < -0.4 is 0 Å². The van der Waals surface area contributed by atoms with Crippen LogP contribution in [0.5, 0.6) is 0 Å². The van der Waals surface area contributed by atoms with Crippen LogP contribution in [0.25, 0.3) is 0 Å². The lowest BCUT2D eigenvalue weighted by Crippen LogP contribution is -2.47. The maximum atomic E-state index is 12.3. The first kappa shape index (κ1) is 6.55. The third-order valence-electron chi connectivity index (χ3n) is 2.65. The first-order chi connectivity index (χ1) is 4.74. The van der Waals surface area contributed by atoms with E-state index in [1.54, 1.807) is 0 Å². The summed E-state index contributed by atoms with van der Waals surface area (Å²) in [5.41, 5.74) is -0.547. The molecule has 2 nitrogen and oxygen atoms in total. The molecule has 2 bridgehead atoms. The molecule has 0 aromatic heterocycles. The lowest BCUT2D eigenvalue weighted by atomic mass is 9.63. The highest BCUT2D eigenvalue weighted by molar-refractivity contribution is 5.10. The number of hydrogen-bond donors (Lipinski definition) is 1. The van der Waals surface area contributed by atoms with Gasteiger partial charge in [-0.25, -0.2) is 0 Å². The highest BCUT2D eigenvalue weighted by atomic mass is 19.1. The number of rotatable bonds is 2. The SMILES string of the molecule is OCC12CC(CF)(CO1)C2. The van der Waals surface area contributed by atoms with Gasteiger partial charge in [-0.15, -0.1) is 0 Å². The molecule has 3 rings (SSSR count). The molecule has 58 valence electrons. The summed E-state index contributed by atoms with van der Waals surface area (Å²) in [5.74, 6) is 0. The van der Waals surface area contributed by atoms with Crippen molar-refractivity contribution >= 4 is 0 Å². The van der Waals surface area contributed by atoms with Crippen molar-refractivity contribution in [2.75, 3.05) is 19.9 Å². The van der Waals surface area contributed by atoms with Crippen LogP contribution in [0.3, 0.4) is 0 Å². The van der Waals surface area contributed by atoms with E-state index in [0.717, 1.165) is 0 Å². The molecule has 0 unspecified atom stereocenters. The van der Waals surface area contributed by atoms with Gasteiger partial charge in [0.2, 0.25) is 0 Å². The van der Waals surface area contributed by atoms with Crippen molar-refractivity contribution in [3.05, 3.63) is 0 Å². The summed E-state index contributed by atoms with van der Waals surface area (Å²) >= 11 is 0. The molecule has 2 heterocycles. The summed E-state index contributed by atoms with van der Waals surface area (Å²) < 4.78 is 17.5. The smallest absolute Gasteiger partial charge is 0.0974 e. The first-order valence-electron chi connectivity index (χ1n) is 3.55. The molecule has 1 N–H and O–H groups in total. The summed E-state index contributed by atoms with van der Waals surface area (Å²) in [7, 11) is 0. The Balaban J connectivity index is 2.06. The predicted octanol–water partition coefficient (Wildman–Crippen LogP) is 0.497. The van der Waals surface area contributed by atoms with E-state index >= 15 is 0 Å². The monoisotopic (exact) mass is 146 g/mol. The lowest BCUT2D eigenvalue weighted by molar-refractivity contribution is -0.0613. The van der Waals surface area contributed by atoms with Gasteiger partial charge in [0, 0.05) is 5.41 Å². The molecule has 2 saturated heterocycles. The topological polar surface area (TPSA) is 29.5 Å².